The van der Waals surface area contributed by atoms with Crippen LogP contribution in [-0.4, -0.2) is 13.6 Å². The van der Waals surface area contributed by atoms with Gasteiger partial charge in [-0.25, -0.2) is 0 Å². The van der Waals surface area contributed by atoms with Crippen LogP contribution in [-0.2, 0) is 6.42 Å². The molecule has 1 aromatic heterocycles. The molecule has 2 nitrogen and oxygen atoms in total. The van der Waals surface area contributed by atoms with Crippen molar-refractivity contribution in [2.75, 3.05) is 13.6 Å². The van der Waals surface area contributed by atoms with Gasteiger partial charge in [0.25, 0.3) is 0 Å². The molecule has 16 heavy (non-hydrogen) atoms. The van der Waals surface area contributed by atoms with Gasteiger partial charge in [0.15, 0.2) is 0 Å². The van der Waals surface area contributed by atoms with Gasteiger partial charge in [0.1, 0.15) is 0 Å². The molecule has 0 amide bonds. The summed E-state index contributed by atoms with van der Waals surface area (Å²) >= 11 is 0. The van der Waals surface area contributed by atoms with Crippen LogP contribution in [0.3, 0.4) is 0 Å². The molecule has 1 aromatic carbocycles. The molecule has 0 bridgehead atoms. The second kappa shape index (κ2) is 5.52. The lowest BCUT2D eigenvalue weighted by atomic mass is 9.93. The van der Waals surface area contributed by atoms with Crippen molar-refractivity contribution in [3.05, 3.63) is 60.1 Å². The van der Waals surface area contributed by atoms with Crippen molar-refractivity contribution in [2.45, 2.75) is 12.3 Å². The van der Waals surface area contributed by atoms with Gasteiger partial charge < -0.3 is 9.73 Å². The fourth-order valence-corrected chi connectivity index (χ4v) is 1.97. The summed E-state index contributed by atoms with van der Waals surface area (Å²) in [4.78, 5) is 0. The summed E-state index contributed by atoms with van der Waals surface area (Å²) in [5.74, 6) is 0.504. The van der Waals surface area contributed by atoms with E-state index in [2.05, 4.69) is 35.6 Å². The lowest BCUT2D eigenvalue weighted by Gasteiger charge is -2.15. The Labute approximate surface area is 96.3 Å². The van der Waals surface area contributed by atoms with Gasteiger partial charge in [0, 0.05) is 12.5 Å². The van der Waals surface area contributed by atoms with Crippen molar-refractivity contribution in [3.8, 4) is 0 Å². The molecule has 84 valence electrons. The third kappa shape index (κ3) is 2.74. The summed E-state index contributed by atoms with van der Waals surface area (Å²) in [6.07, 6.45) is 4.57. The molecule has 1 heterocycles. The van der Waals surface area contributed by atoms with Crippen molar-refractivity contribution < 1.29 is 4.42 Å². The molecular weight excluding hydrogens is 198 g/mol. The Hall–Kier alpha value is -1.54. The Morgan fingerprint density at radius 3 is 2.62 bits per heavy atom. The minimum Gasteiger partial charge on any atom is -0.472 e. The van der Waals surface area contributed by atoms with Gasteiger partial charge in [-0.05, 0) is 30.7 Å². The van der Waals surface area contributed by atoms with Gasteiger partial charge in [-0.3, -0.25) is 0 Å². The first-order valence-electron chi connectivity index (χ1n) is 5.61. The summed E-state index contributed by atoms with van der Waals surface area (Å²) in [6, 6.07) is 12.6. The maximum Gasteiger partial charge on any atom is 0.0934 e. The lowest BCUT2D eigenvalue weighted by molar-refractivity contribution is 0.558. The Kier molecular flexibility index (Phi) is 3.78. The predicted octanol–water partition coefficient (Wildman–Crippen LogP) is 2.83. The number of benzene rings is 1. The maximum atomic E-state index is 5.11. The van der Waals surface area contributed by atoms with Crippen LogP contribution in [0.15, 0.2) is 53.3 Å². The van der Waals surface area contributed by atoms with Crippen LogP contribution in [0.5, 0.6) is 0 Å². The molecule has 0 fully saturated rings. The van der Waals surface area contributed by atoms with Gasteiger partial charge in [-0.1, -0.05) is 30.3 Å². The van der Waals surface area contributed by atoms with Gasteiger partial charge in [-0.15, -0.1) is 0 Å². The normalized spacial score (nSPS) is 12.6. The molecule has 0 spiro atoms. The van der Waals surface area contributed by atoms with Crippen molar-refractivity contribution >= 4 is 0 Å². The van der Waals surface area contributed by atoms with Crippen LogP contribution in [0.4, 0.5) is 0 Å². The first-order valence-corrected chi connectivity index (χ1v) is 5.61. The van der Waals surface area contributed by atoms with Crippen molar-refractivity contribution in [3.63, 3.8) is 0 Å². The van der Waals surface area contributed by atoms with Crippen LogP contribution >= 0.6 is 0 Å². The third-order valence-electron chi connectivity index (χ3n) is 2.78. The fourth-order valence-electron chi connectivity index (χ4n) is 1.97. The zero-order valence-electron chi connectivity index (χ0n) is 9.52. The number of hydrogen-bond acceptors (Lipinski definition) is 2. The maximum absolute atomic E-state index is 5.11. The fraction of sp³-hybridized carbons (Fsp3) is 0.286. The highest BCUT2D eigenvalue weighted by Gasteiger charge is 2.11. The van der Waals surface area contributed by atoms with Crippen molar-refractivity contribution in [1.82, 2.24) is 5.32 Å². The number of hydrogen-bond donors (Lipinski definition) is 1. The number of furan rings is 1. The van der Waals surface area contributed by atoms with Crippen LogP contribution in [0.25, 0.3) is 0 Å². The van der Waals surface area contributed by atoms with Gasteiger partial charge in [0.2, 0.25) is 0 Å². The van der Waals surface area contributed by atoms with Crippen LogP contribution < -0.4 is 5.32 Å². The van der Waals surface area contributed by atoms with E-state index >= 15 is 0 Å². The first kappa shape index (κ1) is 11.0. The lowest BCUT2D eigenvalue weighted by Crippen LogP contribution is -2.18. The first-order chi connectivity index (χ1) is 7.90. The van der Waals surface area contributed by atoms with Crippen LogP contribution in [0.1, 0.15) is 17.0 Å². The molecule has 2 rings (SSSR count). The summed E-state index contributed by atoms with van der Waals surface area (Å²) < 4.78 is 5.11. The molecule has 2 aromatic rings. The second-order valence-electron chi connectivity index (χ2n) is 4.00. The zero-order chi connectivity index (χ0) is 11.2. The van der Waals surface area contributed by atoms with Gasteiger partial charge in [-0.2, -0.15) is 0 Å². The molecule has 0 saturated carbocycles. The van der Waals surface area contributed by atoms with E-state index < -0.39 is 0 Å². The van der Waals surface area contributed by atoms with Gasteiger partial charge >= 0.3 is 0 Å². The highest BCUT2D eigenvalue weighted by molar-refractivity contribution is 5.22. The van der Waals surface area contributed by atoms with Crippen molar-refractivity contribution in [1.29, 1.82) is 0 Å². The number of likely N-dealkylation sites (N-methyl/N-ethyl adjacent to an activating group) is 1. The average molecular weight is 215 g/mol. The largest absolute Gasteiger partial charge is 0.472 e. The smallest absolute Gasteiger partial charge is 0.0934 e. The summed E-state index contributed by atoms with van der Waals surface area (Å²) in [5, 5.41) is 3.25. The second-order valence-corrected chi connectivity index (χ2v) is 4.00. The molecule has 0 aliphatic heterocycles. The Morgan fingerprint density at radius 2 is 2.00 bits per heavy atom. The van der Waals surface area contributed by atoms with E-state index in [-0.39, 0.29) is 0 Å². The summed E-state index contributed by atoms with van der Waals surface area (Å²) in [5.41, 5.74) is 2.63. The molecule has 1 N–H and O–H groups in total. The Bertz CT molecular complexity index is 394. The monoisotopic (exact) mass is 215 g/mol. The molecule has 0 radical (unpaired) electrons. The molecule has 1 unspecified atom stereocenters. The Morgan fingerprint density at radius 1 is 1.19 bits per heavy atom. The molecule has 1 atom stereocenters. The molecule has 0 aliphatic carbocycles. The van der Waals surface area contributed by atoms with E-state index in [1.165, 1.54) is 11.1 Å². The SMILES string of the molecule is CNCC(Cc1ccoc1)c1ccccc1. The highest BCUT2D eigenvalue weighted by Crippen LogP contribution is 2.20. The zero-order valence-corrected chi connectivity index (χ0v) is 9.52. The molecule has 0 saturated heterocycles. The van der Waals surface area contributed by atoms with E-state index in [4.69, 9.17) is 4.42 Å². The topological polar surface area (TPSA) is 25.2 Å². The van der Waals surface area contributed by atoms with Gasteiger partial charge in [0.05, 0.1) is 12.5 Å². The van der Waals surface area contributed by atoms with Crippen LogP contribution in [0.2, 0.25) is 0 Å². The minimum absolute atomic E-state index is 0.504. The molecular formula is C14H17NO. The van der Waals surface area contributed by atoms with E-state index in [0.29, 0.717) is 5.92 Å². The van der Waals surface area contributed by atoms with E-state index in [0.717, 1.165) is 13.0 Å². The average Bonchev–Trinajstić information content (AvgIpc) is 2.83. The third-order valence-corrected chi connectivity index (χ3v) is 2.78. The van der Waals surface area contributed by atoms with Crippen molar-refractivity contribution in [2.24, 2.45) is 0 Å². The van der Waals surface area contributed by atoms with E-state index in [9.17, 15) is 0 Å². The Balaban J connectivity index is 2.11. The summed E-state index contributed by atoms with van der Waals surface area (Å²) in [7, 11) is 1.99. The standard InChI is InChI=1S/C14H17NO/c1-15-10-14(9-12-7-8-16-11-12)13-5-3-2-4-6-13/h2-8,11,14-15H,9-10H2,1H3. The number of nitrogens with one attached hydrogen (secondary N) is 1. The minimum atomic E-state index is 0.504. The summed E-state index contributed by atoms with van der Waals surface area (Å²) in [6.45, 7) is 0.981. The molecule has 2 heteroatoms. The number of rotatable bonds is 5. The predicted molar refractivity (Wildman–Crippen MR) is 65.5 cm³/mol. The van der Waals surface area contributed by atoms with E-state index in [1.807, 2.05) is 19.4 Å². The van der Waals surface area contributed by atoms with E-state index in [1.54, 1.807) is 6.26 Å². The quantitative estimate of drug-likeness (QED) is 0.829. The highest BCUT2D eigenvalue weighted by atomic mass is 16.3. The van der Waals surface area contributed by atoms with Crippen LogP contribution in [0, 0.1) is 0 Å². The molecule has 0 aliphatic rings.